The molecule has 0 saturated carbocycles. The number of carbonyl (C=O) groups is 1. The Morgan fingerprint density at radius 3 is 2.86 bits per heavy atom. The van der Waals surface area contributed by atoms with Crippen LogP contribution in [0, 0.1) is 0 Å². The van der Waals surface area contributed by atoms with E-state index in [2.05, 4.69) is 11.8 Å². The summed E-state index contributed by atoms with van der Waals surface area (Å²) in [6.45, 7) is 6.64. The molecule has 0 aliphatic carbocycles. The minimum absolute atomic E-state index is 0.0619. The van der Waals surface area contributed by atoms with E-state index in [1.54, 1.807) is 6.92 Å². The van der Waals surface area contributed by atoms with Gasteiger partial charge in [-0.15, -0.1) is 0 Å². The van der Waals surface area contributed by atoms with Gasteiger partial charge in [-0.3, -0.25) is 9.69 Å². The molecule has 0 bridgehead atoms. The van der Waals surface area contributed by atoms with Gasteiger partial charge in [-0.1, -0.05) is 31.9 Å². The highest BCUT2D eigenvalue weighted by atomic mass is 16.5. The van der Waals surface area contributed by atoms with E-state index in [-0.39, 0.29) is 5.78 Å². The van der Waals surface area contributed by atoms with Crippen molar-refractivity contribution < 1.29 is 9.53 Å². The molecule has 1 aliphatic rings. The molecular formula is C18H27NO2. The van der Waals surface area contributed by atoms with E-state index >= 15 is 0 Å². The summed E-state index contributed by atoms with van der Waals surface area (Å²) in [6.07, 6.45) is 6.51. The van der Waals surface area contributed by atoms with E-state index in [1.165, 1.54) is 38.6 Å². The standard InChI is InChI=1S/C18H27NO2/c1-3-16-9-5-4-8-12-19(16)13-14-21-18-11-7-6-10-17(18)15(2)20/h6-7,10-11,16H,3-5,8-9,12-14H2,1-2H3. The topological polar surface area (TPSA) is 29.5 Å². The fourth-order valence-electron chi connectivity index (χ4n) is 3.15. The minimum Gasteiger partial charge on any atom is -0.491 e. The van der Waals surface area contributed by atoms with Crippen LogP contribution in [-0.4, -0.2) is 36.4 Å². The molecule has 1 atom stereocenters. The van der Waals surface area contributed by atoms with E-state index in [1.807, 2.05) is 24.3 Å². The maximum Gasteiger partial charge on any atom is 0.163 e. The number of ether oxygens (including phenoxy) is 1. The first kappa shape index (κ1) is 16.0. The SMILES string of the molecule is CCC1CCCCCN1CCOc1ccccc1C(C)=O. The Morgan fingerprint density at radius 1 is 1.29 bits per heavy atom. The molecule has 0 spiro atoms. The molecule has 3 nitrogen and oxygen atoms in total. The van der Waals surface area contributed by atoms with Crippen LogP contribution in [0.15, 0.2) is 24.3 Å². The van der Waals surface area contributed by atoms with Crippen LogP contribution in [0.3, 0.4) is 0 Å². The van der Waals surface area contributed by atoms with Gasteiger partial charge in [0.05, 0.1) is 5.56 Å². The summed E-state index contributed by atoms with van der Waals surface area (Å²) >= 11 is 0. The van der Waals surface area contributed by atoms with Gasteiger partial charge in [-0.25, -0.2) is 0 Å². The van der Waals surface area contributed by atoms with E-state index in [4.69, 9.17) is 4.74 Å². The summed E-state index contributed by atoms with van der Waals surface area (Å²) < 4.78 is 5.87. The molecule has 1 aromatic carbocycles. The Balaban J connectivity index is 1.90. The number of ketones is 1. The molecule has 3 heteroatoms. The van der Waals surface area contributed by atoms with Crippen LogP contribution in [-0.2, 0) is 0 Å². The number of Topliss-reactive ketones (excluding diaryl/α,β-unsaturated/α-hetero) is 1. The number of nitrogens with zero attached hydrogens (tertiary/aromatic N) is 1. The second-order valence-corrected chi connectivity index (χ2v) is 5.85. The van der Waals surface area contributed by atoms with Gasteiger partial charge in [0.2, 0.25) is 0 Å². The molecule has 21 heavy (non-hydrogen) atoms. The van der Waals surface area contributed by atoms with Crippen molar-refractivity contribution in [2.24, 2.45) is 0 Å². The third-order valence-electron chi connectivity index (χ3n) is 4.37. The summed E-state index contributed by atoms with van der Waals surface area (Å²) in [5, 5.41) is 0. The molecule has 0 amide bonds. The fraction of sp³-hybridized carbons (Fsp3) is 0.611. The van der Waals surface area contributed by atoms with Crippen molar-refractivity contribution in [1.82, 2.24) is 4.90 Å². The number of benzene rings is 1. The van der Waals surface area contributed by atoms with Crippen molar-refractivity contribution in [2.75, 3.05) is 19.7 Å². The van der Waals surface area contributed by atoms with Crippen LogP contribution in [0.25, 0.3) is 0 Å². The maximum atomic E-state index is 11.6. The summed E-state index contributed by atoms with van der Waals surface area (Å²) in [5.74, 6) is 0.777. The van der Waals surface area contributed by atoms with Crippen LogP contribution < -0.4 is 4.74 Å². The van der Waals surface area contributed by atoms with Crippen molar-refractivity contribution in [3.63, 3.8) is 0 Å². The summed E-state index contributed by atoms with van der Waals surface area (Å²) in [5.41, 5.74) is 0.681. The normalized spacial score (nSPS) is 20.0. The minimum atomic E-state index is 0.0619. The Labute approximate surface area is 128 Å². The lowest BCUT2D eigenvalue weighted by molar-refractivity contribution is 0.101. The van der Waals surface area contributed by atoms with Gasteiger partial charge in [0, 0.05) is 12.6 Å². The molecular weight excluding hydrogens is 262 g/mol. The molecule has 1 heterocycles. The monoisotopic (exact) mass is 289 g/mol. The van der Waals surface area contributed by atoms with Gasteiger partial charge in [0.15, 0.2) is 5.78 Å². The molecule has 0 N–H and O–H groups in total. The number of carbonyl (C=O) groups excluding carboxylic acids is 1. The van der Waals surface area contributed by atoms with Crippen molar-refractivity contribution in [1.29, 1.82) is 0 Å². The van der Waals surface area contributed by atoms with Gasteiger partial charge in [-0.05, 0) is 44.9 Å². The highest BCUT2D eigenvalue weighted by molar-refractivity contribution is 5.96. The molecule has 0 aromatic heterocycles. The van der Waals surface area contributed by atoms with Crippen molar-refractivity contribution in [3.05, 3.63) is 29.8 Å². The fourth-order valence-corrected chi connectivity index (χ4v) is 3.15. The number of rotatable bonds is 6. The highest BCUT2D eigenvalue weighted by Gasteiger charge is 2.19. The smallest absolute Gasteiger partial charge is 0.163 e. The Morgan fingerprint density at radius 2 is 2.10 bits per heavy atom. The quantitative estimate of drug-likeness (QED) is 0.743. The summed E-state index contributed by atoms with van der Waals surface area (Å²) in [7, 11) is 0. The molecule has 1 aliphatic heterocycles. The lowest BCUT2D eigenvalue weighted by atomic mass is 10.1. The second kappa shape index (κ2) is 8.18. The predicted molar refractivity (Wildman–Crippen MR) is 86.1 cm³/mol. The summed E-state index contributed by atoms with van der Waals surface area (Å²) in [6, 6.07) is 8.21. The van der Waals surface area contributed by atoms with Gasteiger partial charge < -0.3 is 4.74 Å². The first-order valence-electron chi connectivity index (χ1n) is 8.19. The van der Waals surface area contributed by atoms with E-state index in [0.29, 0.717) is 24.0 Å². The first-order chi connectivity index (χ1) is 10.2. The van der Waals surface area contributed by atoms with Crippen LogP contribution >= 0.6 is 0 Å². The van der Waals surface area contributed by atoms with Crippen LogP contribution in [0.2, 0.25) is 0 Å². The molecule has 2 rings (SSSR count). The van der Waals surface area contributed by atoms with E-state index in [9.17, 15) is 4.79 Å². The molecule has 1 unspecified atom stereocenters. The Bertz CT molecular complexity index is 458. The van der Waals surface area contributed by atoms with Crippen molar-refractivity contribution in [2.45, 2.75) is 52.0 Å². The Kier molecular flexibility index (Phi) is 6.24. The van der Waals surface area contributed by atoms with E-state index < -0.39 is 0 Å². The van der Waals surface area contributed by atoms with Gasteiger partial charge in [0.1, 0.15) is 12.4 Å². The number of hydrogen-bond acceptors (Lipinski definition) is 3. The zero-order valence-corrected chi connectivity index (χ0v) is 13.3. The van der Waals surface area contributed by atoms with Gasteiger partial charge >= 0.3 is 0 Å². The molecule has 1 saturated heterocycles. The zero-order chi connectivity index (χ0) is 15.1. The third kappa shape index (κ3) is 4.57. The highest BCUT2D eigenvalue weighted by Crippen LogP contribution is 2.20. The van der Waals surface area contributed by atoms with Crippen molar-refractivity contribution in [3.8, 4) is 5.75 Å². The summed E-state index contributed by atoms with van der Waals surface area (Å²) in [4.78, 5) is 14.1. The average molecular weight is 289 g/mol. The number of hydrogen-bond donors (Lipinski definition) is 0. The second-order valence-electron chi connectivity index (χ2n) is 5.85. The van der Waals surface area contributed by atoms with Gasteiger partial charge in [-0.2, -0.15) is 0 Å². The van der Waals surface area contributed by atoms with Crippen molar-refractivity contribution >= 4 is 5.78 Å². The number of likely N-dealkylation sites (tertiary alicyclic amines) is 1. The Hall–Kier alpha value is -1.35. The maximum absolute atomic E-state index is 11.6. The van der Waals surface area contributed by atoms with Crippen LogP contribution in [0.1, 0.15) is 56.3 Å². The average Bonchev–Trinajstić information content (AvgIpc) is 2.72. The molecule has 0 radical (unpaired) electrons. The van der Waals surface area contributed by atoms with Crippen LogP contribution in [0.5, 0.6) is 5.75 Å². The number of para-hydroxylation sites is 1. The lowest BCUT2D eigenvalue weighted by Crippen LogP contribution is -2.37. The first-order valence-corrected chi connectivity index (χ1v) is 8.19. The largest absolute Gasteiger partial charge is 0.491 e. The van der Waals surface area contributed by atoms with Crippen LogP contribution in [0.4, 0.5) is 0 Å². The predicted octanol–water partition coefficient (Wildman–Crippen LogP) is 3.92. The zero-order valence-electron chi connectivity index (χ0n) is 13.3. The molecule has 116 valence electrons. The molecule has 1 aromatic rings. The molecule has 1 fully saturated rings. The van der Waals surface area contributed by atoms with E-state index in [0.717, 1.165) is 6.54 Å². The van der Waals surface area contributed by atoms with Gasteiger partial charge in [0.25, 0.3) is 0 Å². The third-order valence-corrected chi connectivity index (χ3v) is 4.37. The lowest BCUT2D eigenvalue weighted by Gasteiger charge is -2.29.